The number of amides is 1. The van der Waals surface area contributed by atoms with Gasteiger partial charge in [0.05, 0.1) is 5.56 Å². The largest absolute Gasteiger partial charge is 0.488 e. The normalized spacial score (nSPS) is 12.9. The molecular weight excluding hydrogens is 452 g/mol. The van der Waals surface area contributed by atoms with Gasteiger partial charge in [0.15, 0.2) is 0 Å². The van der Waals surface area contributed by atoms with E-state index in [9.17, 15) is 4.79 Å². The number of benzene rings is 3. The van der Waals surface area contributed by atoms with Crippen molar-refractivity contribution in [2.45, 2.75) is 38.8 Å². The van der Waals surface area contributed by atoms with Crippen molar-refractivity contribution in [1.82, 2.24) is 5.32 Å². The molecule has 0 fully saturated rings. The topological polar surface area (TPSA) is 50.7 Å². The third-order valence-corrected chi connectivity index (χ3v) is 7.35. The minimum absolute atomic E-state index is 0.0472. The summed E-state index contributed by atoms with van der Waals surface area (Å²) in [6.45, 7) is 0.996. The van der Waals surface area contributed by atoms with Crippen LogP contribution in [0.1, 0.15) is 50.3 Å². The van der Waals surface area contributed by atoms with Crippen LogP contribution >= 0.6 is 11.3 Å². The van der Waals surface area contributed by atoms with E-state index in [2.05, 4.69) is 5.32 Å². The summed E-state index contributed by atoms with van der Waals surface area (Å²) in [6, 6.07) is 28.0. The summed E-state index contributed by atoms with van der Waals surface area (Å²) in [4.78, 5) is 19.4. The van der Waals surface area contributed by atoms with Gasteiger partial charge in [-0.2, -0.15) is 0 Å². The molecule has 1 heterocycles. The minimum atomic E-state index is -0.0472. The number of nitrogens with zero attached hydrogens (tertiary/aromatic N) is 1. The fourth-order valence-electron chi connectivity index (χ4n) is 4.33. The van der Waals surface area contributed by atoms with Gasteiger partial charge in [0, 0.05) is 23.2 Å². The van der Waals surface area contributed by atoms with Gasteiger partial charge in [0.25, 0.3) is 5.91 Å². The van der Waals surface area contributed by atoms with Gasteiger partial charge in [-0.05, 0) is 54.5 Å². The average Bonchev–Trinajstić information content (AvgIpc) is 3.29. The number of hydrogen-bond donors (Lipinski definition) is 1. The molecule has 1 aromatic heterocycles. The number of aryl methyl sites for hydroxylation is 1. The van der Waals surface area contributed by atoms with E-state index >= 15 is 0 Å². The van der Waals surface area contributed by atoms with Crippen LogP contribution in [-0.4, -0.2) is 12.1 Å². The summed E-state index contributed by atoms with van der Waals surface area (Å²) in [7, 11) is 0. The number of carbonyl (C=O) groups is 1. The van der Waals surface area contributed by atoms with Crippen LogP contribution in [0.5, 0.6) is 5.75 Å². The van der Waals surface area contributed by atoms with E-state index in [1.54, 1.807) is 11.3 Å². The number of thiophene rings is 1. The summed E-state index contributed by atoms with van der Waals surface area (Å²) >= 11 is 1.65. The highest BCUT2D eigenvalue weighted by atomic mass is 32.1. The number of hydrogen-bond acceptors (Lipinski definition) is 4. The third-order valence-electron chi connectivity index (χ3n) is 6.15. The molecule has 0 saturated carbocycles. The SMILES string of the molecule is O=C(NCc1ccccc1)c1c(N=Cc2ccccc2OCc2ccccc2)sc2c1CCCC2. The maximum absolute atomic E-state index is 13.3. The van der Waals surface area contributed by atoms with Crippen LogP contribution in [0.4, 0.5) is 5.00 Å². The lowest BCUT2D eigenvalue weighted by Crippen LogP contribution is -2.24. The Morgan fingerprint density at radius 3 is 2.37 bits per heavy atom. The van der Waals surface area contributed by atoms with Gasteiger partial charge in [0.1, 0.15) is 17.4 Å². The highest BCUT2D eigenvalue weighted by Gasteiger charge is 2.25. The molecule has 1 aliphatic rings. The van der Waals surface area contributed by atoms with Gasteiger partial charge in [-0.1, -0.05) is 72.8 Å². The Balaban J connectivity index is 1.38. The van der Waals surface area contributed by atoms with E-state index in [1.807, 2.05) is 91.1 Å². The molecule has 0 aliphatic heterocycles. The van der Waals surface area contributed by atoms with Crippen LogP contribution in [-0.2, 0) is 26.0 Å². The lowest BCUT2D eigenvalue weighted by Gasteiger charge is -2.13. The van der Waals surface area contributed by atoms with Gasteiger partial charge in [0.2, 0.25) is 0 Å². The molecule has 0 unspecified atom stereocenters. The van der Waals surface area contributed by atoms with Crippen molar-refractivity contribution >= 4 is 28.5 Å². The number of para-hydroxylation sites is 1. The van der Waals surface area contributed by atoms with Crippen molar-refractivity contribution < 1.29 is 9.53 Å². The molecule has 5 rings (SSSR count). The molecule has 1 amide bonds. The second kappa shape index (κ2) is 11.2. The first-order valence-electron chi connectivity index (χ1n) is 12.0. The molecule has 0 atom stereocenters. The summed E-state index contributed by atoms with van der Waals surface area (Å²) in [5, 5.41) is 3.89. The van der Waals surface area contributed by atoms with Crippen molar-refractivity contribution in [3.63, 3.8) is 0 Å². The summed E-state index contributed by atoms with van der Waals surface area (Å²) in [5.74, 6) is 0.727. The van der Waals surface area contributed by atoms with Gasteiger partial charge in [-0.15, -0.1) is 11.3 Å². The van der Waals surface area contributed by atoms with Crippen LogP contribution in [0.2, 0.25) is 0 Å². The smallest absolute Gasteiger partial charge is 0.254 e. The Labute approximate surface area is 210 Å². The number of aliphatic imine (C=N–C) groups is 1. The van der Waals surface area contributed by atoms with Crippen molar-refractivity contribution in [3.05, 3.63) is 118 Å². The molecule has 4 aromatic rings. The highest BCUT2D eigenvalue weighted by Crippen LogP contribution is 2.40. The van der Waals surface area contributed by atoms with E-state index in [-0.39, 0.29) is 5.91 Å². The lowest BCUT2D eigenvalue weighted by molar-refractivity contribution is 0.0951. The van der Waals surface area contributed by atoms with Crippen LogP contribution in [0.3, 0.4) is 0 Å². The maximum Gasteiger partial charge on any atom is 0.254 e. The summed E-state index contributed by atoms with van der Waals surface area (Å²) < 4.78 is 6.09. The van der Waals surface area contributed by atoms with E-state index in [0.717, 1.165) is 58.7 Å². The van der Waals surface area contributed by atoms with Gasteiger partial charge >= 0.3 is 0 Å². The zero-order valence-electron chi connectivity index (χ0n) is 19.6. The predicted molar refractivity (Wildman–Crippen MR) is 143 cm³/mol. The minimum Gasteiger partial charge on any atom is -0.488 e. The Hall–Kier alpha value is -3.70. The Kier molecular flexibility index (Phi) is 7.35. The van der Waals surface area contributed by atoms with Gasteiger partial charge < -0.3 is 10.1 Å². The van der Waals surface area contributed by atoms with E-state index in [0.29, 0.717) is 13.2 Å². The number of fused-ring (bicyclic) bond motifs is 1. The summed E-state index contributed by atoms with van der Waals surface area (Å²) in [6.07, 6.45) is 6.06. The Morgan fingerprint density at radius 2 is 1.57 bits per heavy atom. The van der Waals surface area contributed by atoms with Crippen molar-refractivity contribution in [1.29, 1.82) is 0 Å². The molecule has 0 bridgehead atoms. The molecule has 5 heteroatoms. The molecule has 35 heavy (non-hydrogen) atoms. The standard InChI is InChI=1S/C30H28N2O2S/c33-29(31-19-22-11-3-1-4-12-22)28-25-16-8-10-18-27(25)35-30(28)32-20-24-15-7-9-17-26(24)34-21-23-13-5-2-6-14-23/h1-7,9,11-15,17,20H,8,10,16,18-19,21H2,(H,31,33). The molecule has 0 spiro atoms. The molecule has 1 N–H and O–H groups in total. The van der Waals surface area contributed by atoms with Crippen LogP contribution in [0.25, 0.3) is 0 Å². The van der Waals surface area contributed by atoms with Crippen molar-refractivity contribution in [2.75, 3.05) is 0 Å². The zero-order valence-corrected chi connectivity index (χ0v) is 20.4. The van der Waals surface area contributed by atoms with E-state index in [1.165, 1.54) is 10.4 Å². The predicted octanol–water partition coefficient (Wildman–Crippen LogP) is 6.89. The lowest BCUT2D eigenvalue weighted by atomic mass is 9.95. The Morgan fingerprint density at radius 1 is 0.886 bits per heavy atom. The van der Waals surface area contributed by atoms with Crippen LogP contribution < -0.4 is 10.1 Å². The number of ether oxygens (including phenoxy) is 1. The molecule has 0 radical (unpaired) electrons. The van der Waals surface area contributed by atoms with Crippen molar-refractivity contribution in [2.24, 2.45) is 4.99 Å². The number of carbonyl (C=O) groups excluding carboxylic acids is 1. The van der Waals surface area contributed by atoms with Crippen LogP contribution in [0, 0.1) is 0 Å². The van der Waals surface area contributed by atoms with E-state index < -0.39 is 0 Å². The zero-order chi connectivity index (χ0) is 23.9. The average molecular weight is 481 g/mol. The molecule has 1 aliphatic carbocycles. The quantitative estimate of drug-likeness (QED) is 0.279. The first-order valence-corrected chi connectivity index (χ1v) is 12.9. The first kappa shape index (κ1) is 23.1. The monoisotopic (exact) mass is 480 g/mol. The molecule has 176 valence electrons. The first-order chi connectivity index (χ1) is 17.3. The molecule has 0 saturated heterocycles. The third kappa shape index (κ3) is 5.69. The Bertz CT molecular complexity index is 1310. The van der Waals surface area contributed by atoms with Gasteiger partial charge in [-0.25, -0.2) is 4.99 Å². The van der Waals surface area contributed by atoms with E-state index in [4.69, 9.17) is 9.73 Å². The summed E-state index contributed by atoms with van der Waals surface area (Å²) in [5.41, 5.74) is 5.00. The fraction of sp³-hybridized carbons (Fsp3) is 0.200. The second-order valence-corrected chi connectivity index (χ2v) is 9.71. The molecule has 4 nitrogen and oxygen atoms in total. The molecular formula is C30H28N2O2S. The van der Waals surface area contributed by atoms with Gasteiger partial charge in [-0.3, -0.25) is 4.79 Å². The molecule has 3 aromatic carbocycles. The van der Waals surface area contributed by atoms with Crippen molar-refractivity contribution in [3.8, 4) is 5.75 Å². The van der Waals surface area contributed by atoms with Crippen LogP contribution in [0.15, 0.2) is 89.9 Å². The number of nitrogens with one attached hydrogen (secondary N) is 1. The second-order valence-electron chi connectivity index (χ2n) is 8.63. The number of rotatable bonds is 8. The fourth-order valence-corrected chi connectivity index (χ4v) is 5.56. The maximum atomic E-state index is 13.3. The highest BCUT2D eigenvalue weighted by molar-refractivity contribution is 7.16.